The van der Waals surface area contributed by atoms with Crippen LogP contribution in [0.3, 0.4) is 0 Å². The van der Waals surface area contributed by atoms with Crippen LogP contribution in [0, 0.1) is 0 Å². The van der Waals surface area contributed by atoms with Gasteiger partial charge in [0, 0.05) is 5.56 Å². The van der Waals surface area contributed by atoms with Crippen LogP contribution in [0.2, 0.25) is 16.6 Å². The number of carbonyl (C=O) groups is 1. The molecule has 0 radical (unpaired) electrons. The smallest absolute Gasteiger partial charge is 0.204 e. The first-order chi connectivity index (χ1) is 10.6. The van der Waals surface area contributed by atoms with Crippen molar-refractivity contribution in [2.45, 2.75) is 76.0 Å². The van der Waals surface area contributed by atoms with E-state index >= 15 is 0 Å². The summed E-state index contributed by atoms with van der Waals surface area (Å²) >= 11 is 3.69. The summed E-state index contributed by atoms with van der Waals surface area (Å²) in [7, 11) is -2.15. The van der Waals surface area contributed by atoms with E-state index in [1.165, 1.54) is 0 Å². The second-order valence-electron chi connectivity index (χ2n) is 7.20. The molecule has 0 N–H and O–H groups in total. The van der Waals surface area contributed by atoms with Gasteiger partial charge in [-0.25, -0.2) is 0 Å². The van der Waals surface area contributed by atoms with Crippen molar-refractivity contribution < 1.29 is 9.22 Å². The van der Waals surface area contributed by atoms with E-state index in [4.69, 9.17) is 4.43 Å². The van der Waals surface area contributed by atoms with Crippen LogP contribution in [0.4, 0.5) is 0 Å². The molecule has 0 aliphatic heterocycles. The molecule has 0 aromatic heterocycles. The summed E-state index contributed by atoms with van der Waals surface area (Å²) in [5.74, 6) is 0.0272. The molecule has 1 rings (SSSR count). The van der Waals surface area contributed by atoms with Crippen molar-refractivity contribution in [1.82, 2.24) is 0 Å². The average Bonchev–Trinajstić information content (AvgIpc) is 2.51. The Bertz CT molecular complexity index is 492. The van der Waals surface area contributed by atoms with Gasteiger partial charge in [0.05, 0.1) is 0 Å². The van der Waals surface area contributed by atoms with Gasteiger partial charge < -0.3 is 4.43 Å². The van der Waals surface area contributed by atoms with Gasteiger partial charge in [-0.1, -0.05) is 78.8 Å². The fourth-order valence-corrected chi connectivity index (χ4v) is 10.3. The number of benzene rings is 1. The van der Waals surface area contributed by atoms with Crippen LogP contribution in [-0.2, 0) is 4.43 Å². The van der Waals surface area contributed by atoms with Gasteiger partial charge in [0.1, 0.15) is 0 Å². The molecule has 0 spiro atoms. The summed E-state index contributed by atoms with van der Waals surface area (Å²) in [5.41, 5.74) is 2.02. The van der Waals surface area contributed by atoms with E-state index in [1.807, 2.05) is 37.3 Å². The number of alkyl halides is 1. The maximum absolute atomic E-state index is 13.1. The van der Waals surface area contributed by atoms with Gasteiger partial charge in [0.2, 0.25) is 14.1 Å². The summed E-state index contributed by atoms with van der Waals surface area (Å²) in [6.07, 6.45) is 0.613. The highest BCUT2D eigenvalue weighted by Gasteiger charge is 2.51. The van der Waals surface area contributed by atoms with E-state index < -0.39 is 12.8 Å². The molecular formula is C19H31BrO2Si. The van der Waals surface area contributed by atoms with Crippen molar-refractivity contribution >= 4 is 30.0 Å². The predicted molar refractivity (Wildman–Crippen MR) is 105 cm³/mol. The van der Waals surface area contributed by atoms with Crippen LogP contribution in [0.15, 0.2) is 30.3 Å². The van der Waals surface area contributed by atoms with Gasteiger partial charge >= 0.3 is 0 Å². The quantitative estimate of drug-likeness (QED) is 0.281. The van der Waals surface area contributed by atoms with Crippen LogP contribution in [0.25, 0.3) is 0 Å². The first-order valence-electron chi connectivity index (χ1n) is 8.60. The number of ketones is 1. The van der Waals surface area contributed by atoms with E-state index in [9.17, 15) is 4.79 Å². The minimum absolute atomic E-state index is 0.0272. The number of hydrogen-bond acceptors (Lipinski definition) is 2. The summed E-state index contributed by atoms with van der Waals surface area (Å²) in [6.45, 7) is 15.4. The van der Waals surface area contributed by atoms with Crippen molar-refractivity contribution in [2.75, 3.05) is 0 Å². The lowest BCUT2D eigenvalue weighted by atomic mass is 10.0. The number of carbonyl (C=O) groups excluding carboxylic acids is 1. The average molecular weight is 399 g/mol. The number of halogens is 1. The molecule has 1 aromatic carbocycles. The summed E-state index contributed by atoms with van der Waals surface area (Å²) < 4.78 is 5.85. The minimum Gasteiger partial charge on any atom is -0.395 e. The van der Waals surface area contributed by atoms with Gasteiger partial charge in [0.15, 0.2) is 4.51 Å². The van der Waals surface area contributed by atoms with E-state index in [2.05, 4.69) is 57.5 Å². The summed E-state index contributed by atoms with van der Waals surface area (Å²) in [5, 5.41) is 0. The van der Waals surface area contributed by atoms with Gasteiger partial charge in [-0.3, -0.25) is 4.79 Å². The molecule has 1 aromatic rings. The number of Topliss-reactive ketones (excluding diaryl/α,β-unsaturated/α-hetero) is 1. The Morgan fingerprint density at radius 2 is 1.48 bits per heavy atom. The zero-order chi connectivity index (χ0) is 17.8. The third-order valence-corrected chi connectivity index (χ3v) is 12.4. The standard InChI is InChI=1S/C19H31BrO2Si/c1-8-19(20,18(21)17-12-10-9-11-13-17)22-23(14(2)3,15(4)5)16(6)7/h9-16H,8H2,1-7H3. The highest BCUT2D eigenvalue weighted by atomic mass is 79.9. The molecule has 0 saturated carbocycles. The molecule has 2 nitrogen and oxygen atoms in total. The van der Waals surface area contributed by atoms with E-state index in [0.717, 1.165) is 0 Å². The molecule has 0 bridgehead atoms. The Balaban J connectivity index is 3.29. The van der Waals surface area contributed by atoms with Crippen molar-refractivity contribution in [3.05, 3.63) is 35.9 Å². The van der Waals surface area contributed by atoms with Gasteiger partial charge in [0.25, 0.3) is 0 Å². The Kier molecular flexibility index (Phi) is 7.24. The Morgan fingerprint density at radius 3 is 1.83 bits per heavy atom. The monoisotopic (exact) mass is 398 g/mol. The fraction of sp³-hybridized carbons (Fsp3) is 0.632. The first kappa shape index (κ1) is 20.6. The molecule has 130 valence electrons. The molecule has 0 fully saturated rings. The predicted octanol–water partition coefficient (Wildman–Crippen LogP) is 6.56. The van der Waals surface area contributed by atoms with E-state index in [-0.39, 0.29) is 5.78 Å². The van der Waals surface area contributed by atoms with Crippen molar-refractivity contribution in [2.24, 2.45) is 0 Å². The second-order valence-corrected chi connectivity index (χ2v) is 13.9. The Morgan fingerprint density at radius 1 is 1.04 bits per heavy atom. The van der Waals surface area contributed by atoms with Crippen molar-refractivity contribution in [3.8, 4) is 0 Å². The zero-order valence-electron chi connectivity index (χ0n) is 15.5. The lowest BCUT2D eigenvalue weighted by Crippen LogP contribution is -2.55. The van der Waals surface area contributed by atoms with Gasteiger partial charge in [-0.2, -0.15) is 0 Å². The lowest BCUT2D eigenvalue weighted by molar-refractivity contribution is 0.0690. The number of rotatable bonds is 8. The Hall–Kier alpha value is -0.453. The third kappa shape index (κ3) is 4.15. The van der Waals surface area contributed by atoms with Crippen molar-refractivity contribution in [1.29, 1.82) is 0 Å². The van der Waals surface area contributed by atoms with E-state index in [0.29, 0.717) is 28.6 Å². The number of hydrogen-bond donors (Lipinski definition) is 0. The van der Waals surface area contributed by atoms with Crippen LogP contribution in [-0.4, -0.2) is 18.6 Å². The fourth-order valence-electron chi connectivity index (χ4n) is 3.72. The molecule has 1 unspecified atom stereocenters. The molecular weight excluding hydrogens is 368 g/mol. The Labute approximate surface area is 151 Å². The molecule has 0 saturated heterocycles. The maximum Gasteiger partial charge on any atom is 0.204 e. The molecule has 0 aliphatic rings. The largest absolute Gasteiger partial charge is 0.395 e. The second kappa shape index (κ2) is 8.08. The topological polar surface area (TPSA) is 26.3 Å². The lowest BCUT2D eigenvalue weighted by Gasteiger charge is -2.47. The van der Waals surface area contributed by atoms with Crippen LogP contribution < -0.4 is 0 Å². The van der Waals surface area contributed by atoms with Crippen molar-refractivity contribution in [3.63, 3.8) is 0 Å². The third-order valence-electron chi connectivity index (χ3n) is 4.88. The maximum atomic E-state index is 13.1. The molecule has 0 aliphatic carbocycles. The highest BCUT2D eigenvalue weighted by Crippen LogP contribution is 2.47. The molecule has 23 heavy (non-hydrogen) atoms. The zero-order valence-corrected chi connectivity index (χ0v) is 18.1. The molecule has 4 heteroatoms. The normalized spacial score (nSPS) is 15.3. The van der Waals surface area contributed by atoms with Crippen LogP contribution in [0.1, 0.15) is 65.2 Å². The van der Waals surface area contributed by atoms with Gasteiger partial charge in [-0.05, 0) is 39.0 Å². The first-order valence-corrected chi connectivity index (χ1v) is 11.5. The van der Waals surface area contributed by atoms with Crippen LogP contribution in [0.5, 0.6) is 0 Å². The highest BCUT2D eigenvalue weighted by molar-refractivity contribution is 9.10. The summed E-state index contributed by atoms with van der Waals surface area (Å²) in [6, 6.07) is 9.44. The SMILES string of the molecule is CCC(Br)(O[Si](C(C)C)(C(C)C)C(C)C)C(=O)c1ccccc1. The molecule has 0 amide bonds. The molecule has 0 heterocycles. The molecule has 1 atom stereocenters. The van der Waals surface area contributed by atoms with Gasteiger partial charge in [-0.15, -0.1) is 0 Å². The van der Waals surface area contributed by atoms with Crippen LogP contribution >= 0.6 is 15.9 Å². The summed E-state index contributed by atoms with van der Waals surface area (Å²) in [4.78, 5) is 13.1. The minimum atomic E-state index is -2.15. The van der Waals surface area contributed by atoms with E-state index in [1.54, 1.807) is 0 Å².